The Bertz CT molecular complexity index is 951. The van der Waals surface area contributed by atoms with Crippen molar-refractivity contribution in [2.24, 2.45) is 0 Å². The first-order valence-electron chi connectivity index (χ1n) is 6.09. The first-order valence-corrected chi connectivity index (χ1v) is 7.57. The predicted molar refractivity (Wildman–Crippen MR) is 71.4 cm³/mol. The van der Waals surface area contributed by atoms with Gasteiger partial charge in [-0.1, -0.05) is 11.1 Å². The average molecular weight is 332 g/mol. The van der Waals surface area contributed by atoms with E-state index in [1.165, 1.54) is 10.7 Å². The van der Waals surface area contributed by atoms with Gasteiger partial charge in [-0.15, -0.1) is 4.52 Å². The monoisotopic (exact) mass is 332 g/mol. The summed E-state index contributed by atoms with van der Waals surface area (Å²) in [6.07, 6.45) is 1.54. The van der Waals surface area contributed by atoms with Gasteiger partial charge in [-0.2, -0.15) is 13.5 Å². The van der Waals surface area contributed by atoms with Crippen LogP contribution in [0.25, 0.3) is 5.78 Å². The van der Waals surface area contributed by atoms with Gasteiger partial charge < -0.3 is 0 Å². The molecule has 0 saturated heterocycles. The van der Waals surface area contributed by atoms with Gasteiger partial charge in [-0.05, 0) is 24.0 Å². The molecule has 7 nitrogen and oxygen atoms in total. The van der Waals surface area contributed by atoms with Crippen molar-refractivity contribution in [1.29, 1.82) is 0 Å². The van der Waals surface area contributed by atoms with Gasteiger partial charge in [0.25, 0.3) is 0 Å². The molecule has 0 aliphatic heterocycles. The number of para-hydroxylation sites is 1. The molecule has 3 rings (SSSR count). The lowest BCUT2D eigenvalue weighted by Crippen LogP contribution is -2.25. The maximum Gasteiger partial charge on any atom is 0.458 e. The highest BCUT2D eigenvalue weighted by Crippen LogP contribution is 2.20. The van der Waals surface area contributed by atoms with Gasteiger partial charge in [0.1, 0.15) is 23.0 Å². The number of aromatic amines is 1. The van der Waals surface area contributed by atoms with E-state index in [1.807, 2.05) is 4.72 Å². The van der Waals surface area contributed by atoms with Crippen molar-refractivity contribution in [2.45, 2.75) is 12.1 Å². The maximum absolute atomic E-state index is 13.5. The van der Waals surface area contributed by atoms with E-state index >= 15 is 0 Å². The van der Waals surface area contributed by atoms with Gasteiger partial charge in [0.2, 0.25) is 0 Å². The molecule has 2 N–H and O–H groups in total. The Kier molecular flexibility index (Phi) is 3.24. The first kappa shape index (κ1) is 14.3. The van der Waals surface area contributed by atoms with Crippen LogP contribution in [0.15, 0.2) is 35.6 Å². The van der Waals surface area contributed by atoms with E-state index in [9.17, 15) is 17.2 Å². The molecule has 1 aromatic carbocycles. The van der Waals surface area contributed by atoms with E-state index in [0.717, 1.165) is 18.2 Å². The minimum Gasteiger partial charge on any atom is -0.270 e. The fourth-order valence-corrected chi connectivity index (χ4v) is 2.76. The van der Waals surface area contributed by atoms with Crippen LogP contribution in [0.3, 0.4) is 0 Å². The van der Waals surface area contributed by atoms with E-state index in [2.05, 4.69) is 15.1 Å². The highest BCUT2D eigenvalue weighted by atomic mass is 32.2. The molecule has 0 fully saturated rings. The van der Waals surface area contributed by atoms with Gasteiger partial charge in [0.15, 0.2) is 0 Å². The topological polar surface area (TPSA) is 91.8 Å². The zero-order valence-corrected chi connectivity index (χ0v) is 12.0. The van der Waals surface area contributed by atoms with Crippen LogP contribution >= 0.6 is 0 Å². The summed E-state index contributed by atoms with van der Waals surface area (Å²) < 4.78 is 54.6. The molecule has 3 aromatic rings. The number of nitrogens with zero attached hydrogens (tertiary/aromatic N) is 3. The number of nitrogens with one attached hydrogen (secondary N) is 2. The molecule has 0 saturated carbocycles. The number of H-pyrrole nitrogens is 1. The Morgan fingerprint density at radius 2 is 1.86 bits per heavy atom. The summed E-state index contributed by atoms with van der Waals surface area (Å²) in [6, 6.07) is 4.66. The van der Waals surface area contributed by atoms with Gasteiger partial charge in [0, 0.05) is 6.07 Å². The Morgan fingerprint density at radius 3 is 2.55 bits per heavy atom. The number of aromatic nitrogens is 4. The van der Waals surface area contributed by atoms with Crippen LogP contribution in [0.4, 0.5) is 14.5 Å². The third-order valence-electron chi connectivity index (χ3n) is 2.83. The molecule has 0 spiro atoms. The Labute approximate surface area is 123 Å². The summed E-state index contributed by atoms with van der Waals surface area (Å²) >= 11 is 0. The van der Waals surface area contributed by atoms with Crippen LogP contribution in [0.1, 0.15) is 5.69 Å². The van der Waals surface area contributed by atoms with Gasteiger partial charge in [-0.3, -0.25) is 4.72 Å². The highest BCUT2D eigenvalue weighted by molar-refractivity contribution is 7.92. The summed E-state index contributed by atoms with van der Waals surface area (Å²) in [7, 11) is -4.29. The largest absolute Gasteiger partial charge is 0.458 e. The number of rotatable bonds is 3. The van der Waals surface area contributed by atoms with Crippen LogP contribution in [-0.4, -0.2) is 23.5 Å². The summed E-state index contributed by atoms with van der Waals surface area (Å²) in [4.78, 5) is 7.83. The molecular weight excluding hydrogens is 322 g/mol. The molecule has 10 heteroatoms. The number of benzene rings is 1. The fourth-order valence-electron chi connectivity index (χ4n) is 1.78. The van der Waals surface area contributed by atoms with Crippen molar-refractivity contribution < 1.29 is 21.7 Å². The standard InChI is InChI=1S/C12H9F2N5O2S/c1-7-5-6-19-11(15-7)16-12(17-19)22(20,21)18-10-8(13)3-2-4-9(10)14/h2-6,18H,1H3/p+1/i2+1,3+1,4+1,8+1,9+1,10+1. The highest BCUT2D eigenvalue weighted by Gasteiger charge is 2.27. The molecule has 114 valence electrons. The summed E-state index contributed by atoms with van der Waals surface area (Å²) in [5.41, 5.74) is -0.124. The second-order valence-corrected chi connectivity index (χ2v) is 6.07. The van der Waals surface area contributed by atoms with Crippen molar-refractivity contribution in [3.8, 4) is 0 Å². The summed E-state index contributed by atoms with van der Waals surface area (Å²) in [5.74, 6) is -1.93. The lowest BCUT2D eigenvalue weighted by Gasteiger charge is -2.05. The zero-order valence-electron chi connectivity index (χ0n) is 11.2. The van der Waals surface area contributed by atoms with E-state index in [0.29, 0.717) is 5.69 Å². The van der Waals surface area contributed by atoms with Crippen molar-refractivity contribution in [3.05, 3.63) is 47.8 Å². The zero-order chi connectivity index (χ0) is 15.9. The number of sulfonamides is 1. The second-order valence-electron chi connectivity index (χ2n) is 4.47. The second kappa shape index (κ2) is 4.98. The van der Waals surface area contributed by atoms with Crippen molar-refractivity contribution in [1.82, 2.24) is 15.1 Å². The minimum atomic E-state index is -4.29. The van der Waals surface area contributed by atoms with E-state index < -0.39 is 32.5 Å². The van der Waals surface area contributed by atoms with Gasteiger partial charge >= 0.3 is 21.0 Å². The van der Waals surface area contributed by atoms with Gasteiger partial charge in [0.05, 0.1) is 6.20 Å². The predicted octanol–water partition coefficient (Wildman–Crippen LogP) is 0.931. The van der Waals surface area contributed by atoms with Crippen LogP contribution in [0.5, 0.6) is 0 Å². The SMILES string of the molecule is Cc1cc[n+]2[nH]c(S(=O)(=O)N[13c]3[13c](F)[13cH][13cH][13cH][13c]3F)nc2n1. The molecule has 0 amide bonds. The Hall–Kier alpha value is -2.62. The minimum absolute atomic E-state index is 0.120. The molecule has 0 aliphatic carbocycles. The molecular formula is C12H10F2N5O2S+. The summed E-state index contributed by atoms with van der Waals surface area (Å²) in [6.45, 7) is 1.72. The molecule has 0 bridgehead atoms. The van der Waals surface area contributed by atoms with Gasteiger partial charge in [-0.25, -0.2) is 8.78 Å². The maximum atomic E-state index is 13.5. The lowest BCUT2D eigenvalue weighted by atomic mass is 10.5. The quantitative estimate of drug-likeness (QED) is 0.698. The summed E-state index contributed by atoms with van der Waals surface area (Å²) in [5, 5.41) is 1.96. The molecule has 0 unspecified atom stereocenters. The molecule has 2 heterocycles. The molecule has 0 radical (unpaired) electrons. The van der Waals surface area contributed by atoms with E-state index in [1.54, 1.807) is 13.0 Å². The smallest absolute Gasteiger partial charge is 0.270 e. The van der Waals surface area contributed by atoms with Crippen molar-refractivity contribution in [3.63, 3.8) is 0 Å². The lowest BCUT2D eigenvalue weighted by molar-refractivity contribution is -0.582. The molecule has 0 atom stereocenters. The van der Waals surface area contributed by atoms with Crippen LogP contribution in [-0.2, 0) is 10.0 Å². The molecule has 0 aliphatic rings. The average Bonchev–Trinajstić information content (AvgIpc) is 2.87. The molecule has 2 aromatic heterocycles. The number of halogens is 2. The number of fused-ring (bicyclic) bond motifs is 1. The van der Waals surface area contributed by atoms with E-state index in [-0.39, 0.29) is 5.78 Å². The Balaban J connectivity index is 2.05. The normalized spacial score (nSPS) is 11.8. The first-order chi connectivity index (χ1) is 10.4. The molecule has 22 heavy (non-hydrogen) atoms. The van der Waals surface area contributed by atoms with Crippen LogP contribution in [0.2, 0.25) is 0 Å². The number of hydrogen-bond donors (Lipinski definition) is 2. The van der Waals surface area contributed by atoms with Crippen LogP contribution in [0, 0.1) is 18.6 Å². The van der Waals surface area contributed by atoms with E-state index in [4.69, 9.17) is 0 Å². The fraction of sp³-hybridized carbons (Fsp3) is 0.0833. The number of aryl methyl sites for hydroxylation is 1. The number of anilines is 1. The number of hydrogen-bond acceptors (Lipinski definition) is 4. The van der Waals surface area contributed by atoms with Crippen LogP contribution < -0.4 is 9.24 Å². The third-order valence-corrected chi connectivity index (χ3v) is 3.99. The Morgan fingerprint density at radius 1 is 1.18 bits per heavy atom. The van der Waals surface area contributed by atoms with Crippen molar-refractivity contribution in [2.75, 3.05) is 4.72 Å². The van der Waals surface area contributed by atoms with Crippen molar-refractivity contribution >= 4 is 21.5 Å². The third kappa shape index (κ3) is 2.48.